The second kappa shape index (κ2) is 4.26. The Hall–Kier alpha value is -1.16. The first-order chi connectivity index (χ1) is 8.25. The summed E-state index contributed by atoms with van der Waals surface area (Å²) in [6, 6.07) is 1.19. The highest BCUT2D eigenvalue weighted by molar-refractivity contribution is 5.97. The van der Waals surface area contributed by atoms with Crippen molar-refractivity contribution in [1.82, 2.24) is 10.1 Å². The highest BCUT2D eigenvalue weighted by Crippen LogP contribution is 2.37. The van der Waals surface area contributed by atoms with Crippen LogP contribution in [0.1, 0.15) is 42.5 Å². The molecule has 0 spiro atoms. The maximum atomic E-state index is 12.3. The van der Waals surface area contributed by atoms with Gasteiger partial charge in [-0.2, -0.15) is 0 Å². The summed E-state index contributed by atoms with van der Waals surface area (Å²) in [6.07, 6.45) is 8.79. The van der Waals surface area contributed by atoms with Crippen LogP contribution in [-0.4, -0.2) is 35.0 Å². The first-order valence-electron chi connectivity index (χ1n) is 6.41. The molecule has 4 nitrogen and oxygen atoms in total. The van der Waals surface area contributed by atoms with Gasteiger partial charge in [-0.1, -0.05) is 11.6 Å². The molecule has 0 amide bonds. The molecule has 2 bridgehead atoms. The molecule has 1 aromatic rings. The number of nitrogens with zero attached hydrogens (tertiary/aromatic N) is 2. The molecule has 17 heavy (non-hydrogen) atoms. The van der Waals surface area contributed by atoms with Crippen LogP contribution in [0, 0.1) is 5.92 Å². The van der Waals surface area contributed by atoms with Crippen LogP contribution < -0.4 is 0 Å². The molecule has 2 atom stereocenters. The van der Waals surface area contributed by atoms with Gasteiger partial charge in [-0.25, -0.2) is 0 Å². The van der Waals surface area contributed by atoms with Gasteiger partial charge in [-0.15, -0.1) is 0 Å². The van der Waals surface area contributed by atoms with Crippen molar-refractivity contribution in [3.8, 4) is 0 Å². The molecule has 0 saturated carbocycles. The van der Waals surface area contributed by atoms with Gasteiger partial charge in [0.1, 0.15) is 6.26 Å². The fourth-order valence-electron chi connectivity index (χ4n) is 3.39. The fraction of sp³-hybridized carbons (Fsp3) is 0.692. The van der Waals surface area contributed by atoms with Crippen molar-refractivity contribution in [2.24, 2.45) is 5.92 Å². The molecule has 2 aliphatic heterocycles. The third-order valence-electron chi connectivity index (χ3n) is 4.43. The van der Waals surface area contributed by atoms with E-state index in [-0.39, 0.29) is 11.7 Å². The molecule has 2 fully saturated rings. The van der Waals surface area contributed by atoms with Gasteiger partial charge < -0.3 is 9.42 Å². The molecule has 0 aromatic carbocycles. The molecular weight excluding hydrogens is 216 g/mol. The van der Waals surface area contributed by atoms with E-state index in [1.807, 2.05) is 0 Å². The fourth-order valence-corrected chi connectivity index (χ4v) is 3.39. The smallest absolute Gasteiger partial charge is 0.170 e. The van der Waals surface area contributed by atoms with Gasteiger partial charge in [0.15, 0.2) is 5.78 Å². The number of carbonyl (C=O) groups is 1. The summed E-state index contributed by atoms with van der Waals surface area (Å²) in [5, 5.41) is 3.62. The minimum absolute atomic E-state index is 0.167. The maximum absolute atomic E-state index is 12.3. The first-order valence-corrected chi connectivity index (χ1v) is 6.41. The Bertz CT molecular complexity index is 388. The van der Waals surface area contributed by atoms with E-state index in [4.69, 9.17) is 4.52 Å². The van der Waals surface area contributed by atoms with E-state index in [1.165, 1.54) is 31.7 Å². The number of rotatable bonds is 2. The van der Waals surface area contributed by atoms with Crippen molar-refractivity contribution in [2.45, 2.75) is 44.2 Å². The van der Waals surface area contributed by atoms with Crippen LogP contribution >= 0.6 is 0 Å². The highest BCUT2D eigenvalue weighted by Gasteiger charge is 2.39. The van der Waals surface area contributed by atoms with Gasteiger partial charge in [-0.3, -0.25) is 4.79 Å². The largest absolute Gasteiger partial charge is 0.364 e. The van der Waals surface area contributed by atoms with Crippen molar-refractivity contribution >= 4 is 5.78 Å². The van der Waals surface area contributed by atoms with Crippen LogP contribution in [0.25, 0.3) is 0 Å². The lowest BCUT2D eigenvalue weighted by atomic mass is 9.76. The molecule has 0 N–H and O–H groups in total. The molecule has 0 radical (unpaired) electrons. The number of hydrogen-bond donors (Lipinski definition) is 0. The molecule has 2 unspecified atom stereocenters. The van der Waals surface area contributed by atoms with Gasteiger partial charge >= 0.3 is 0 Å². The monoisotopic (exact) mass is 234 g/mol. The molecular formula is C13H18N2O2. The first kappa shape index (κ1) is 11.0. The zero-order chi connectivity index (χ0) is 11.8. The van der Waals surface area contributed by atoms with Crippen LogP contribution in [0.2, 0.25) is 0 Å². The standard InChI is InChI=1S/C13H18N2O2/c1-15-11-3-2-4-12(15)6-9(5-11)13(16)10-7-14-17-8-10/h7-9,11-12H,2-6H2,1H3. The van der Waals surface area contributed by atoms with Crippen molar-refractivity contribution in [3.63, 3.8) is 0 Å². The quantitative estimate of drug-likeness (QED) is 0.735. The summed E-state index contributed by atoms with van der Waals surface area (Å²) in [4.78, 5) is 14.8. The SMILES string of the molecule is CN1C2CCCC1CC(C(=O)c1cnoc1)C2. The van der Waals surface area contributed by atoms with Crippen molar-refractivity contribution in [3.05, 3.63) is 18.0 Å². The van der Waals surface area contributed by atoms with Gasteiger partial charge in [-0.05, 0) is 32.7 Å². The van der Waals surface area contributed by atoms with Gasteiger partial charge in [0.05, 0.1) is 11.8 Å². The van der Waals surface area contributed by atoms with Crippen LogP contribution in [0.5, 0.6) is 0 Å². The summed E-state index contributed by atoms with van der Waals surface area (Å²) in [7, 11) is 2.20. The van der Waals surface area contributed by atoms with Crippen LogP contribution in [-0.2, 0) is 0 Å². The van der Waals surface area contributed by atoms with E-state index in [9.17, 15) is 4.79 Å². The Balaban J connectivity index is 1.76. The number of Topliss-reactive ketones (excluding diaryl/α,β-unsaturated/α-hetero) is 1. The minimum atomic E-state index is 0.167. The lowest BCUT2D eigenvalue weighted by molar-refractivity contribution is 0.0338. The van der Waals surface area contributed by atoms with Crippen molar-refractivity contribution in [1.29, 1.82) is 0 Å². The average Bonchev–Trinajstić information content (AvgIpc) is 2.81. The molecule has 2 saturated heterocycles. The Morgan fingerprint density at radius 2 is 2.12 bits per heavy atom. The maximum Gasteiger partial charge on any atom is 0.170 e. The van der Waals surface area contributed by atoms with Crippen LogP contribution in [0.4, 0.5) is 0 Å². The number of carbonyl (C=O) groups excluding carboxylic acids is 1. The van der Waals surface area contributed by atoms with Crippen molar-refractivity contribution in [2.75, 3.05) is 7.05 Å². The Morgan fingerprint density at radius 3 is 2.71 bits per heavy atom. The zero-order valence-corrected chi connectivity index (χ0v) is 10.1. The van der Waals surface area contributed by atoms with E-state index in [0.717, 1.165) is 12.8 Å². The summed E-state index contributed by atoms with van der Waals surface area (Å²) >= 11 is 0. The third kappa shape index (κ3) is 1.90. The second-order valence-electron chi connectivity index (χ2n) is 5.35. The van der Waals surface area contributed by atoms with E-state index in [1.54, 1.807) is 0 Å². The second-order valence-corrected chi connectivity index (χ2v) is 5.35. The van der Waals surface area contributed by atoms with Gasteiger partial charge in [0, 0.05) is 18.0 Å². The number of hydrogen-bond acceptors (Lipinski definition) is 4. The Morgan fingerprint density at radius 1 is 1.41 bits per heavy atom. The molecule has 0 aliphatic carbocycles. The summed E-state index contributed by atoms with van der Waals surface area (Å²) in [5.74, 6) is 0.386. The van der Waals surface area contributed by atoms with E-state index in [0.29, 0.717) is 17.6 Å². The molecule has 4 heteroatoms. The molecule has 3 heterocycles. The molecule has 92 valence electrons. The summed E-state index contributed by atoms with van der Waals surface area (Å²) in [6.45, 7) is 0. The summed E-state index contributed by atoms with van der Waals surface area (Å²) < 4.78 is 4.76. The van der Waals surface area contributed by atoms with Gasteiger partial charge in [0.25, 0.3) is 0 Å². The Kier molecular flexibility index (Phi) is 2.74. The zero-order valence-electron chi connectivity index (χ0n) is 10.1. The van der Waals surface area contributed by atoms with Crippen LogP contribution in [0.3, 0.4) is 0 Å². The topological polar surface area (TPSA) is 46.3 Å². The Labute approximate surface area is 101 Å². The number of piperidine rings is 2. The average molecular weight is 234 g/mol. The summed E-state index contributed by atoms with van der Waals surface area (Å²) in [5.41, 5.74) is 0.637. The predicted molar refractivity (Wildman–Crippen MR) is 62.7 cm³/mol. The van der Waals surface area contributed by atoms with Crippen molar-refractivity contribution < 1.29 is 9.32 Å². The lowest BCUT2D eigenvalue weighted by Gasteiger charge is -2.46. The number of ketones is 1. The number of aromatic nitrogens is 1. The lowest BCUT2D eigenvalue weighted by Crippen LogP contribution is -2.51. The minimum Gasteiger partial charge on any atom is -0.364 e. The van der Waals surface area contributed by atoms with E-state index < -0.39 is 0 Å². The number of fused-ring (bicyclic) bond motifs is 2. The predicted octanol–water partition coefficient (Wildman–Crippen LogP) is 2.12. The normalized spacial score (nSPS) is 33.6. The molecule has 3 rings (SSSR count). The third-order valence-corrected chi connectivity index (χ3v) is 4.43. The van der Waals surface area contributed by atoms with Crippen LogP contribution in [0.15, 0.2) is 17.0 Å². The molecule has 2 aliphatic rings. The molecule has 1 aromatic heterocycles. The highest BCUT2D eigenvalue weighted by atomic mass is 16.5. The van der Waals surface area contributed by atoms with E-state index >= 15 is 0 Å². The van der Waals surface area contributed by atoms with E-state index in [2.05, 4.69) is 17.1 Å². The van der Waals surface area contributed by atoms with Gasteiger partial charge in [0.2, 0.25) is 0 Å².